The fourth-order valence-corrected chi connectivity index (χ4v) is 6.45. The average Bonchev–Trinajstić information content (AvgIpc) is 3.65. The Balaban J connectivity index is 1.16. The second-order valence-electron chi connectivity index (χ2n) is 10.9. The fraction of sp³-hybridized carbons (Fsp3) is 0. The van der Waals surface area contributed by atoms with E-state index in [1.54, 1.807) is 0 Å². The maximum atomic E-state index is 6.44. The van der Waals surface area contributed by atoms with Gasteiger partial charge in [-0.2, -0.15) is 0 Å². The first-order valence-corrected chi connectivity index (χ1v) is 14.5. The van der Waals surface area contributed by atoms with E-state index in [4.69, 9.17) is 8.83 Å². The van der Waals surface area contributed by atoms with Crippen molar-refractivity contribution in [3.05, 3.63) is 152 Å². The predicted octanol–water partition coefficient (Wildman–Crippen LogP) is 11.8. The summed E-state index contributed by atoms with van der Waals surface area (Å²) in [5.74, 6) is 0. The van der Waals surface area contributed by atoms with Crippen LogP contribution in [-0.2, 0) is 0 Å². The summed E-state index contributed by atoms with van der Waals surface area (Å²) in [7, 11) is 0. The van der Waals surface area contributed by atoms with Gasteiger partial charge in [-0.05, 0) is 76.5 Å². The summed E-state index contributed by atoms with van der Waals surface area (Å²) in [4.78, 5) is 2.27. The molecule has 202 valence electrons. The number of para-hydroxylation sites is 4. The van der Waals surface area contributed by atoms with Crippen LogP contribution in [0, 0.1) is 0 Å². The van der Waals surface area contributed by atoms with E-state index in [2.05, 4.69) is 126 Å². The molecule has 0 radical (unpaired) electrons. The number of hydrogen-bond donors (Lipinski definition) is 0. The van der Waals surface area contributed by atoms with Crippen LogP contribution in [-0.4, -0.2) is 0 Å². The molecule has 0 saturated carbocycles. The number of rotatable bonds is 4. The highest BCUT2D eigenvalue weighted by Crippen LogP contribution is 2.42. The van der Waals surface area contributed by atoms with Crippen molar-refractivity contribution >= 4 is 71.7 Å². The first kappa shape index (κ1) is 23.9. The summed E-state index contributed by atoms with van der Waals surface area (Å²) in [6.45, 7) is 0. The van der Waals surface area contributed by atoms with Crippen molar-refractivity contribution in [1.29, 1.82) is 0 Å². The van der Waals surface area contributed by atoms with Crippen molar-refractivity contribution < 1.29 is 8.83 Å². The molecular formula is C40H25NO2. The monoisotopic (exact) mass is 551 g/mol. The second-order valence-corrected chi connectivity index (χ2v) is 10.9. The fourth-order valence-electron chi connectivity index (χ4n) is 6.45. The Labute approximate surface area is 247 Å². The van der Waals surface area contributed by atoms with Gasteiger partial charge in [0.2, 0.25) is 0 Å². The van der Waals surface area contributed by atoms with Gasteiger partial charge in [-0.15, -0.1) is 0 Å². The molecule has 0 aliphatic carbocycles. The molecule has 3 nitrogen and oxygen atoms in total. The van der Waals surface area contributed by atoms with Crippen LogP contribution in [0.5, 0.6) is 0 Å². The quantitative estimate of drug-likeness (QED) is 0.218. The van der Waals surface area contributed by atoms with Gasteiger partial charge in [0.05, 0.1) is 5.69 Å². The van der Waals surface area contributed by atoms with E-state index in [0.29, 0.717) is 0 Å². The Hall–Kier alpha value is -5.80. The molecule has 9 rings (SSSR count). The normalized spacial score (nSPS) is 11.7. The maximum absolute atomic E-state index is 6.44. The molecule has 7 aromatic carbocycles. The molecule has 0 bridgehead atoms. The Morgan fingerprint density at radius 3 is 1.91 bits per heavy atom. The number of benzene rings is 7. The van der Waals surface area contributed by atoms with E-state index in [1.165, 1.54) is 21.7 Å². The van der Waals surface area contributed by atoms with E-state index in [0.717, 1.165) is 61.1 Å². The molecule has 0 fully saturated rings. The van der Waals surface area contributed by atoms with Gasteiger partial charge in [0, 0.05) is 32.9 Å². The summed E-state index contributed by atoms with van der Waals surface area (Å²) in [5.41, 5.74) is 9.11. The van der Waals surface area contributed by atoms with Gasteiger partial charge < -0.3 is 13.7 Å². The van der Waals surface area contributed by atoms with Crippen molar-refractivity contribution in [1.82, 2.24) is 0 Å². The molecule has 0 N–H and O–H groups in total. The van der Waals surface area contributed by atoms with Crippen molar-refractivity contribution in [2.45, 2.75) is 0 Å². The minimum atomic E-state index is 0.879. The molecule has 0 spiro atoms. The summed E-state index contributed by atoms with van der Waals surface area (Å²) >= 11 is 0. The highest BCUT2D eigenvalue weighted by molar-refractivity contribution is 6.19. The van der Waals surface area contributed by atoms with E-state index in [-0.39, 0.29) is 0 Å². The molecule has 3 heteroatoms. The van der Waals surface area contributed by atoms with Crippen LogP contribution >= 0.6 is 0 Å². The van der Waals surface area contributed by atoms with Gasteiger partial charge in [0.15, 0.2) is 5.58 Å². The van der Waals surface area contributed by atoms with E-state index in [1.807, 2.05) is 30.3 Å². The van der Waals surface area contributed by atoms with Crippen LogP contribution in [0.15, 0.2) is 160 Å². The van der Waals surface area contributed by atoms with Crippen molar-refractivity contribution in [2.75, 3.05) is 4.90 Å². The van der Waals surface area contributed by atoms with Gasteiger partial charge >= 0.3 is 0 Å². The summed E-state index contributed by atoms with van der Waals surface area (Å²) in [5, 5.41) is 6.97. The van der Waals surface area contributed by atoms with Crippen LogP contribution in [0.2, 0.25) is 0 Å². The number of nitrogens with zero attached hydrogens (tertiary/aromatic N) is 1. The highest BCUT2D eigenvalue weighted by atomic mass is 16.3. The lowest BCUT2D eigenvalue weighted by Gasteiger charge is -2.25. The zero-order chi connectivity index (χ0) is 28.3. The minimum absolute atomic E-state index is 0.879. The SMILES string of the molecule is c1ccc(N(c2ccc(-c3ccc4c(ccc5oc6ccccc6c54)c3)cc2)c2cccc3c2oc2ccccc23)cc1. The van der Waals surface area contributed by atoms with Crippen molar-refractivity contribution in [2.24, 2.45) is 0 Å². The molecule has 0 amide bonds. The molecule has 0 saturated heterocycles. The molecule has 2 aromatic heterocycles. The molecule has 0 atom stereocenters. The molecule has 0 aliphatic rings. The van der Waals surface area contributed by atoms with Gasteiger partial charge in [0.25, 0.3) is 0 Å². The first-order chi connectivity index (χ1) is 21.3. The number of anilines is 3. The van der Waals surface area contributed by atoms with Crippen LogP contribution in [0.25, 0.3) is 65.8 Å². The topological polar surface area (TPSA) is 29.5 Å². The standard InChI is InChI=1S/C40H25NO2/c1-2-9-29(10-3-1)41(35-14-8-13-33-32-11-4-6-15-36(32)43-40(33)35)30-21-17-26(18-22-30)27-19-23-31-28(25-27)20-24-38-39(31)34-12-5-7-16-37(34)42-38/h1-25H. The lowest BCUT2D eigenvalue weighted by atomic mass is 9.98. The minimum Gasteiger partial charge on any atom is -0.456 e. The highest BCUT2D eigenvalue weighted by Gasteiger charge is 2.19. The Kier molecular flexibility index (Phi) is 5.20. The number of hydrogen-bond acceptors (Lipinski definition) is 3. The third-order valence-electron chi connectivity index (χ3n) is 8.46. The third-order valence-corrected chi connectivity index (χ3v) is 8.46. The maximum Gasteiger partial charge on any atom is 0.159 e. The first-order valence-electron chi connectivity index (χ1n) is 14.5. The Bertz CT molecular complexity index is 2450. The molecular weight excluding hydrogens is 526 g/mol. The van der Waals surface area contributed by atoms with Crippen LogP contribution < -0.4 is 4.90 Å². The van der Waals surface area contributed by atoms with E-state index < -0.39 is 0 Å². The number of fused-ring (bicyclic) bond motifs is 8. The molecule has 0 aliphatic heterocycles. The van der Waals surface area contributed by atoms with Gasteiger partial charge in [0.1, 0.15) is 16.7 Å². The van der Waals surface area contributed by atoms with Crippen LogP contribution in [0.1, 0.15) is 0 Å². The van der Waals surface area contributed by atoms with Crippen molar-refractivity contribution in [3.63, 3.8) is 0 Å². The van der Waals surface area contributed by atoms with Gasteiger partial charge in [-0.3, -0.25) is 0 Å². The summed E-state index contributed by atoms with van der Waals surface area (Å²) < 4.78 is 12.6. The zero-order valence-electron chi connectivity index (χ0n) is 23.2. The smallest absolute Gasteiger partial charge is 0.159 e. The Morgan fingerprint density at radius 1 is 0.395 bits per heavy atom. The third kappa shape index (κ3) is 3.75. The van der Waals surface area contributed by atoms with Crippen LogP contribution in [0.3, 0.4) is 0 Å². The predicted molar refractivity (Wildman–Crippen MR) is 179 cm³/mol. The summed E-state index contributed by atoms with van der Waals surface area (Å²) in [6.07, 6.45) is 0. The molecule has 43 heavy (non-hydrogen) atoms. The van der Waals surface area contributed by atoms with Gasteiger partial charge in [-0.1, -0.05) is 97.1 Å². The number of furan rings is 2. The zero-order valence-corrected chi connectivity index (χ0v) is 23.2. The van der Waals surface area contributed by atoms with Crippen LogP contribution in [0.4, 0.5) is 17.1 Å². The Morgan fingerprint density at radius 2 is 1.07 bits per heavy atom. The average molecular weight is 552 g/mol. The van der Waals surface area contributed by atoms with E-state index in [9.17, 15) is 0 Å². The summed E-state index contributed by atoms with van der Waals surface area (Å²) in [6, 6.07) is 53.1. The molecule has 9 aromatic rings. The lowest BCUT2D eigenvalue weighted by Crippen LogP contribution is -2.10. The second kappa shape index (κ2) is 9.37. The largest absolute Gasteiger partial charge is 0.456 e. The molecule has 0 unspecified atom stereocenters. The van der Waals surface area contributed by atoms with Gasteiger partial charge in [-0.25, -0.2) is 0 Å². The van der Waals surface area contributed by atoms with E-state index >= 15 is 0 Å². The van der Waals surface area contributed by atoms with Crippen molar-refractivity contribution in [3.8, 4) is 11.1 Å². The molecule has 2 heterocycles. The lowest BCUT2D eigenvalue weighted by molar-refractivity contribution is 0.669.